The van der Waals surface area contributed by atoms with Gasteiger partial charge in [0, 0.05) is 13.1 Å². The quantitative estimate of drug-likeness (QED) is 0.675. The third kappa shape index (κ3) is 2.82. The molecule has 1 heterocycles. The monoisotopic (exact) mass is 183 g/mol. The van der Waals surface area contributed by atoms with Gasteiger partial charge in [-0.05, 0) is 30.8 Å². The van der Waals surface area contributed by atoms with Crippen molar-refractivity contribution < 1.29 is 5.11 Å². The Morgan fingerprint density at radius 2 is 1.92 bits per heavy atom. The first-order valence-corrected chi connectivity index (χ1v) is 5.19. The predicted molar refractivity (Wildman–Crippen MR) is 55.3 cm³/mol. The number of hydrogen-bond acceptors (Lipinski definition) is 2. The van der Waals surface area contributed by atoms with Crippen LogP contribution in [0.25, 0.3) is 0 Å². The van der Waals surface area contributed by atoms with E-state index < -0.39 is 6.23 Å². The average molecular weight is 183 g/mol. The first-order chi connectivity index (χ1) is 6.15. The Bertz CT molecular complexity index is 159. The molecule has 2 heteroatoms. The second-order valence-corrected chi connectivity index (χ2v) is 4.27. The number of rotatable bonds is 3. The summed E-state index contributed by atoms with van der Waals surface area (Å²) in [7, 11) is 0. The van der Waals surface area contributed by atoms with Gasteiger partial charge in [-0.2, -0.15) is 0 Å². The van der Waals surface area contributed by atoms with Crippen LogP contribution in [0.15, 0.2) is 12.7 Å². The zero-order valence-electron chi connectivity index (χ0n) is 8.74. The van der Waals surface area contributed by atoms with Gasteiger partial charge in [-0.25, -0.2) is 0 Å². The van der Waals surface area contributed by atoms with Crippen LogP contribution in [0.1, 0.15) is 26.7 Å². The van der Waals surface area contributed by atoms with Crippen LogP contribution in [0.2, 0.25) is 0 Å². The summed E-state index contributed by atoms with van der Waals surface area (Å²) in [5, 5.41) is 9.52. The largest absolute Gasteiger partial charge is 0.375 e. The second kappa shape index (κ2) is 4.77. The van der Waals surface area contributed by atoms with Gasteiger partial charge in [0.1, 0.15) is 6.23 Å². The molecule has 13 heavy (non-hydrogen) atoms. The van der Waals surface area contributed by atoms with Crippen molar-refractivity contribution in [1.82, 2.24) is 4.90 Å². The van der Waals surface area contributed by atoms with E-state index in [1.54, 1.807) is 6.08 Å². The summed E-state index contributed by atoms with van der Waals surface area (Å²) in [4.78, 5) is 2.09. The van der Waals surface area contributed by atoms with E-state index in [2.05, 4.69) is 25.3 Å². The van der Waals surface area contributed by atoms with Crippen LogP contribution in [0.5, 0.6) is 0 Å². The highest BCUT2D eigenvalue weighted by molar-refractivity contribution is 4.83. The fraction of sp³-hybridized carbons (Fsp3) is 0.818. The number of likely N-dealkylation sites (tertiary alicyclic amines) is 1. The van der Waals surface area contributed by atoms with E-state index in [9.17, 15) is 5.11 Å². The van der Waals surface area contributed by atoms with E-state index in [1.807, 2.05) is 0 Å². The van der Waals surface area contributed by atoms with Crippen LogP contribution in [0.3, 0.4) is 0 Å². The minimum absolute atomic E-state index is 0.437. The number of aliphatic hydroxyl groups is 1. The number of piperidine rings is 1. The highest BCUT2D eigenvalue weighted by atomic mass is 16.3. The molecule has 0 spiro atoms. The molecule has 1 atom stereocenters. The highest BCUT2D eigenvalue weighted by Crippen LogP contribution is 2.24. The smallest absolute Gasteiger partial charge is 0.126 e. The Kier molecular flexibility index (Phi) is 3.94. The Hall–Kier alpha value is -0.340. The SMILES string of the molecule is C=CC(O)N1CCC(C(C)C)CC1. The van der Waals surface area contributed by atoms with Gasteiger partial charge in [0.25, 0.3) is 0 Å². The zero-order valence-corrected chi connectivity index (χ0v) is 8.74. The summed E-state index contributed by atoms with van der Waals surface area (Å²) in [6.45, 7) is 10.2. The van der Waals surface area contributed by atoms with E-state index >= 15 is 0 Å². The summed E-state index contributed by atoms with van der Waals surface area (Å²) in [5.74, 6) is 1.62. The van der Waals surface area contributed by atoms with Crippen LogP contribution in [0, 0.1) is 11.8 Å². The molecule has 1 unspecified atom stereocenters. The van der Waals surface area contributed by atoms with Crippen molar-refractivity contribution in [2.45, 2.75) is 32.9 Å². The summed E-state index contributed by atoms with van der Waals surface area (Å²) in [5.41, 5.74) is 0. The Morgan fingerprint density at radius 3 is 2.31 bits per heavy atom. The van der Waals surface area contributed by atoms with Gasteiger partial charge >= 0.3 is 0 Å². The molecular weight excluding hydrogens is 162 g/mol. The molecule has 0 aromatic heterocycles. The minimum atomic E-state index is -0.437. The first kappa shape index (κ1) is 10.7. The second-order valence-electron chi connectivity index (χ2n) is 4.27. The fourth-order valence-electron chi connectivity index (χ4n) is 2.00. The lowest BCUT2D eigenvalue weighted by molar-refractivity contribution is 0.0117. The van der Waals surface area contributed by atoms with Gasteiger partial charge in [-0.1, -0.05) is 20.4 Å². The topological polar surface area (TPSA) is 23.5 Å². The van der Waals surface area contributed by atoms with E-state index in [1.165, 1.54) is 12.8 Å². The molecule has 1 aliphatic heterocycles. The molecule has 0 saturated carbocycles. The maximum Gasteiger partial charge on any atom is 0.126 e. The third-order valence-corrected chi connectivity index (χ3v) is 3.10. The lowest BCUT2D eigenvalue weighted by Crippen LogP contribution is -2.41. The van der Waals surface area contributed by atoms with E-state index in [0.717, 1.165) is 24.9 Å². The maximum atomic E-state index is 9.52. The van der Waals surface area contributed by atoms with Crippen molar-refractivity contribution >= 4 is 0 Å². The van der Waals surface area contributed by atoms with Crippen molar-refractivity contribution in [2.24, 2.45) is 11.8 Å². The molecule has 1 N–H and O–H groups in total. The number of aliphatic hydroxyl groups excluding tert-OH is 1. The molecule has 1 saturated heterocycles. The summed E-state index contributed by atoms with van der Waals surface area (Å²) >= 11 is 0. The number of nitrogens with zero attached hydrogens (tertiary/aromatic N) is 1. The molecule has 0 aromatic carbocycles. The molecule has 2 nitrogen and oxygen atoms in total. The third-order valence-electron chi connectivity index (χ3n) is 3.10. The van der Waals surface area contributed by atoms with E-state index in [0.29, 0.717) is 0 Å². The Labute approximate surface area is 81.2 Å². The van der Waals surface area contributed by atoms with Crippen LogP contribution in [0.4, 0.5) is 0 Å². The summed E-state index contributed by atoms with van der Waals surface area (Å²) in [6.07, 6.45) is 3.59. The van der Waals surface area contributed by atoms with Gasteiger partial charge in [0.15, 0.2) is 0 Å². The predicted octanol–water partition coefficient (Wildman–Crippen LogP) is 1.86. The van der Waals surface area contributed by atoms with E-state index in [-0.39, 0.29) is 0 Å². The zero-order chi connectivity index (χ0) is 9.84. The molecule has 1 aliphatic rings. The maximum absolute atomic E-state index is 9.52. The molecule has 1 rings (SSSR count). The van der Waals surface area contributed by atoms with Crippen molar-refractivity contribution in [1.29, 1.82) is 0 Å². The van der Waals surface area contributed by atoms with Gasteiger partial charge < -0.3 is 5.11 Å². The molecule has 76 valence electrons. The van der Waals surface area contributed by atoms with E-state index in [4.69, 9.17) is 0 Å². The highest BCUT2D eigenvalue weighted by Gasteiger charge is 2.23. The fourth-order valence-corrected chi connectivity index (χ4v) is 2.00. The molecule has 0 aromatic rings. The van der Waals surface area contributed by atoms with Crippen molar-refractivity contribution in [3.05, 3.63) is 12.7 Å². The van der Waals surface area contributed by atoms with Gasteiger partial charge in [0.2, 0.25) is 0 Å². The molecule has 1 fully saturated rings. The summed E-state index contributed by atoms with van der Waals surface area (Å²) < 4.78 is 0. The average Bonchev–Trinajstić information content (AvgIpc) is 2.17. The lowest BCUT2D eigenvalue weighted by atomic mass is 9.87. The first-order valence-electron chi connectivity index (χ1n) is 5.19. The van der Waals surface area contributed by atoms with Gasteiger partial charge in [-0.3, -0.25) is 4.90 Å². The molecular formula is C11H21NO. The normalized spacial score (nSPS) is 23.4. The molecule has 0 bridgehead atoms. The van der Waals surface area contributed by atoms with Crippen LogP contribution < -0.4 is 0 Å². The van der Waals surface area contributed by atoms with Crippen molar-refractivity contribution in [3.8, 4) is 0 Å². The van der Waals surface area contributed by atoms with Crippen LogP contribution in [-0.4, -0.2) is 29.3 Å². The van der Waals surface area contributed by atoms with Gasteiger partial charge in [-0.15, -0.1) is 0 Å². The van der Waals surface area contributed by atoms with Crippen LogP contribution >= 0.6 is 0 Å². The molecule has 0 amide bonds. The lowest BCUT2D eigenvalue weighted by Gasteiger charge is -2.35. The Balaban J connectivity index is 2.34. The minimum Gasteiger partial charge on any atom is -0.375 e. The molecule has 0 radical (unpaired) electrons. The Morgan fingerprint density at radius 1 is 1.38 bits per heavy atom. The summed E-state index contributed by atoms with van der Waals surface area (Å²) in [6, 6.07) is 0. The van der Waals surface area contributed by atoms with Crippen molar-refractivity contribution in [2.75, 3.05) is 13.1 Å². The van der Waals surface area contributed by atoms with Crippen LogP contribution in [-0.2, 0) is 0 Å². The van der Waals surface area contributed by atoms with Gasteiger partial charge in [0.05, 0.1) is 0 Å². The van der Waals surface area contributed by atoms with Crippen molar-refractivity contribution in [3.63, 3.8) is 0 Å². The standard InChI is InChI=1S/C11H21NO/c1-4-11(13)12-7-5-10(6-8-12)9(2)3/h4,9-11,13H,1,5-8H2,2-3H3. The molecule has 0 aliphatic carbocycles. The number of hydrogen-bond donors (Lipinski definition) is 1.